The highest BCUT2D eigenvalue weighted by Gasteiger charge is 2.30. The normalized spacial score (nSPS) is 15.6. The smallest absolute Gasteiger partial charge is 0.326 e. The number of carboxylic acids is 1. The number of rotatable bonds is 15. The van der Waals surface area contributed by atoms with E-state index in [1.807, 2.05) is 6.92 Å². The van der Waals surface area contributed by atoms with Gasteiger partial charge in [0.1, 0.15) is 18.1 Å². The Kier molecular flexibility index (Phi) is 13.0. The van der Waals surface area contributed by atoms with Crippen molar-refractivity contribution in [3.05, 3.63) is 0 Å². The second-order valence-corrected chi connectivity index (χ2v) is 7.56. The van der Waals surface area contributed by atoms with E-state index in [-0.39, 0.29) is 12.3 Å². The standard InChI is InChI=1S/C19H36N6O6/c1-4-10(2)15(22)18(29)23-11(3)16(27)25-13(9-14(21)26)17(28)24-12(19(30)31)7-5-6-8-20/h10-13,15H,4-9,20,22H2,1-3H3,(H2,21,26)(H,23,29)(H,24,28)(H,25,27)(H,30,31). The van der Waals surface area contributed by atoms with Crippen LogP contribution in [0.1, 0.15) is 52.9 Å². The lowest BCUT2D eigenvalue weighted by molar-refractivity contribution is -0.142. The summed E-state index contributed by atoms with van der Waals surface area (Å²) in [6.45, 7) is 5.45. The minimum absolute atomic E-state index is 0.101. The summed E-state index contributed by atoms with van der Waals surface area (Å²) in [6.07, 6.45) is 1.32. The number of carboxylic acid groups (broad SMARTS) is 1. The zero-order valence-electron chi connectivity index (χ0n) is 18.3. The van der Waals surface area contributed by atoms with Crippen molar-refractivity contribution in [3.63, 3.8) is 0 Å². The van der Waals surface area contributed by atoms with Crippen molar-refractivity contribution in [2.75, 3.05) is 6.54 Å². The van der Waals surface area contributed by atoms with Crippen LogP contribution in [-0.4, -0.2) is 65.4 Å². The lowest BCUT2D eigenvalue weighted by atomic mass is 9.99. The molecule has 0 saturated heterocycles. The maximum absolute atomic E-state index is 12.5. The lowest BCUT2D eigenvalue weighted by Crippen LogP contribution is -2.57. The summed E-state index contributed by atoms with van der Waals surface area (Å²) in [5, 5.41) is 16.4. The Morgan fingerprint density at radius 1 is 0.903 bits per heavy atom. The second kappa shape index (κ2) is 14.3. The average molecular weight is 445 g/mol. The maximum atomic E-state index is 12.5. The molecule has 0 aromatic carbocycles. The topological polar surface area (TPSA) is 220 Å². The molecule has 0 fully saturated rings. The summed E-state index contributed by atoms with van der Waals surface area (Å²) < 4.78 is 0. The van der Waals surface area contributed by atoms with Crippen LogP contribution >= 0.6 is 0 Å². The Labute approximate surface area is 182 Å². The van der Waals surface area contributed by atoms with Gasteiger partial charge in [0, 0.05) is 0 Å². The third-order valence-corrected chi connectivity index (χ3v) is 4.91. The van der Waals surface area contributed by atoms with E-state index in [1.165, 1.54) is 6.92 Å². The molecule has 0 saturated carbocycles. The molecule has 178 valence electrons. The van der Waals surface area contributed by atoms with E-state index >= 15 is 0 Å². The molecule has 0 aromatic rings. The highest BCUT2D eigenvalue weighted by molar-refractivity contribution is 5.95. The van der Waals surface area contributed by atoms with Crippen molar-refractivity contribution < 1.29 is 29.1 Å². The SMILES string of the molecule is CCC(C)C(N)C(=O)NC(C)C(=O)NC(CC(N)=O)C(=O)NC(CCCCN)C(=O)O. The zero-order valence-corrected chi connectivity index (χ0v) is 18.3. The van der Waals surface area contributed by atoms with Gasteiger partial charge in [0.25, 0.3) is 0 Å². The van der Waals surface area contributed by atoms with Crippen molar-refractivity contribution in [1.82, 2.24) is 16.0 Å². The van der Waals surface area contributed by atoms with E-state index in [1.54, 1.807) is 6.92 Å². The van der Waals surface area contributed by atoms with Gasteiger partial charge in [0.15, 0.2) is 0 Å². The van der Waals surface area contributed by atoms with Crippen LogP contribution in [0.4, 0.5) is 0 Å². The van der Waals surface area contributed by atoms with Gasteiger partial charge in [-0.1, -0.05) is 20.3 Å². The molecule has 4 amide bonds. The number of aliphatic carboxylic acids is 1. The number of unbranched alkanes of at least 4 members (excludes halogenated alkanes) is 1. The van der Waals surface area contributed by atoms with Gasteiger partial charge >= 0.3 is 5.97 Å². The van der Waals surface area contributed by atoms with Crippen molar-refractivity contribution in [1.29, 1.82) is 0 Å². The molecule has 12 nitrogen and oxygen atoms in total. The van der Waals surface area contributed by atoms with Crippen molar-refractivity contribution >= 4 is 29.6 Å². The fraction of sp³-hybridized carbons (Fsp3) is 0.737. The van der Waals surface area contributed by atoms with Gasteiger partial charge in [0.05, 0.1) is 12.5 Å². The van der Waals surface area contributed by atoms with E-state index in [2.05, 4.69) is 16.0 Å². The summed E-state index contributed by atoms with van der Waals surface area (Å²) in [6, 6.07) is -4.47. The second-order valence-electron chi connectivity index (χ2n) is 7.56. The van der Waals surface area contributed by atoms with Gasteiger partial charge in [-0.3, -0.25) is 19.2 Å². The molecule has 5 atom stereocenters. The highest BCUT2D eigenvalue weighted by atomic mass is 16.4. The van der Waals surface area contributed by atoms with Gasteiger partial charge < -0.3 is 38.3 Å². The van der Waals surface area contributed by atoms with Crippen LogP contribution in [0.15, 0.2) is 0 Å². The van der Waals surface area contributed by atoms with Crippen LogP contribution in [0.3, 0.4) is 0 Å². The lowest BCUT2D eigenvalue weighted by Gasteiger charge is -2.24. The van der Waals surface area contributed by atoms with Gasteiger partial charge in [-0.25, -0.2) is 4.79 Å². The molecule has 0 spiro atoms. The summed E-state index contributed by atoms with van der Waals surface area (Å²) in [4.78, 5) is 59.8. The molecule has 0 bridgehead atoms. The van der Waals surface area contributed by atoms with Gasteiger partial charge in [0.2, 0.25) is 23.6 Å². The first-order valence-corrected chi connectivity index (χ1v) is 10.3. The first-order valence-electron chi connectivity index (χ1n) is 10.3. The van der Waals surface area contributed by atoms with Crippen molar-refractivity contribution in [3.8, 4) is 0 Å². The molecule has 0 aliphatic heterocycles. The Hall–Kier alpha value is -2.73. The third kappa shape index (κ3) is 10.7. The molecule has 0 aliphatic rings. The summed E-state index contributed by atoms with van der Waals surface area (Å²) in [7, 11) is 0. The monoisotopic (exact) mass is 444 g/mol. The van der Waals surface area contributed by atoms with Gasteiger partial charge in [-0.15, -0.1) is 0 Å². The third-order valence-electron chi connectivity index (χ3n) is 4.91. The van der Waals surface area contributed by atoms with Crippen LogP contribution in [0.5, 0.6) is 0 Å². The molecular formula is C19H36N6O6. The summed E-state index contributed by atoms with van der Waals surface area (Å²) in [5.74, 6) is -4.38. The number of hydrogen-bond donors (Lipinski definition) is 7. The number of carbonyl (C=O) groups excluding carboxylic acids is 4. The number of primary amides is 1. The number of nitrogens with two attached hydrogens (primary N) is 3. The minimum Gasteiger partial charge on any atom is -0.480 e. The van der Waals surface area contributed by atoms with E-state index in [4.69, 9.17) is 17.2 Å². The van der Waals surface area contributed by atoms with Crippen LogP contribution in [-0.2, 0) is 24.0 Å². The van der Waals surface area contributed by atoms with Gasteiger partial charge in [-0.2, -0.15) is 0 Å². The predicted molar refractivity (Wildman–Crippen MR) is 113 cm³/mol. The van der Waals surface area contributed by atoms with E-state index in [0.29, 0.717) is 25.8 Å². The molecule has 0 radical (unpaired) electrons. The largest absolute Gasteiger partial charge is 0.480 e. The van der Waals surface area contributed by atoms with E-state index in [9.17, 15) is 29.1 Å². The molecule has 31 heavy (non-hydrogen) atoms. The Morgan fingerprint density at radius 2 is 1.48 bits per heavy atom. The Morgan fingerprint density at radius 3 is 1.97 bits per heavy atom. The Balaban J connectivity index is 5.11. The van der Waals surface area contributed by atoms with E-state index < -0.39 is 60.2 Å². The molecular weight excluding hydrogens is 408 g/mol. The molecule has 10 N–H and O–H groups in total. The first-order chi connectivity index (χ1) is 14.4. The molecule has 0 aromatic heterocycles. The molecule has 5 unspecified atom stereocenters. The zero-order chi connectivity index (χ0) is 24.1. The summed E-state index contributed by atoms with van der Waals surface area (Å²) >= 11 is 0. The van der Waals surface area contributed by atoms with E-state index in [0.717, 1.165) is 0 Å². The molecule has 0 heterocycles. The van der Waals surface area contributed by atoms with Crippen LogP contribution < -0.4 is 33.2 Å². The van der Waals surface area contributed by atoms with Crippen LogP contribution in [0, 0.1) is 5.92 Å². The first kappa shape index (κ1) is 28.3. The summed E-state index contributed by atoms with van der Waals surface area (Å²) in [5.41, 5.74) is 16.4. The molecule has 0 rings (SSSR count). The average Bonchev–Trinajstić information content (AvgIpc) is 2.70. The van der Waals surface area contributed by atoms with Crippen LogP contribution in [0.2, 0.25) is 0 Å². The predicted octanol–water partition coefficient (Wildman–Crippen LogP) is -2.08. The van der Waals surface area contributed by atoms with Crippen LogP contribution in [0.25, 0.3) is 0 Å². The fourth-order valence-corrected chi connectivity index (χ4v) is 2.62. The molecule has 12 heteroatoms. The fourth-order valence-electron chi connectivity index (χ4n) is 2.62. The van der Waals surface area contributed by atoms with Crippen molar-refractivity contribution in [2.45, 2.75) is 77.0 Å². The minimum atomic E-state index is -1.40. The molecule has 0 aliphatic carbocycles. The number of hydrogen-bond acceptors (Lipinski definition) is 7. The van der Waals surface area contributed by atoms with Gasteiger partial charge in [-0.05, 0) is 38.6 Å². The quantitative estimate of drug-likeness (QED) is 0.139. The maximum Gasteiger partial charge on any atom is 0.326 e. The number of nitrogens with one attached hydrogen (secondary N) is 3. The number of amides is 4. The Bertz CT molecular complexity index is 643. The van der Waals surface area contributed by atoms with Crippen molar-refractivity contribution in [2.24, 2.45) is 23.1 Å². The highest BCUT2D eigenvalue weighted by Crippen LogP contribution is 2.06. The number of carbonyl (C=O) groups is 5.